The Morgan fingerprint density at radius 1 is 1.41 bits per heavy atom. The van der Waals surface area contributed by atoms with Crippen LogP contribution in [0.2, 0.25) is 0 Å². The van der Waals surface area contributed by atoms with Crippen molar-refractivity contribution in [1.29, 1.82) is 0 Å². The van der Waals surface area contributed by atoms with Crippen molar-refractivity contribution in [1.82, 2.24) is 0 Å². The first-order valence-corrected chi connectivity index (χ1v) is 4.43. The molecule has 0 saturated heterocycles. The van der Waals surface area contributed by atoms with Gasteiger partial charge in [0.25, 0.3) is 0 Å². The molecule has 0 bridgehead atoms. The summed E-state index contributed by atoms with van der Waals surface area (Å²) in [5, 5.41) is 17.7. The molecule has 7 heteroatoms. The first-order valence-electron chi connectivity index (χ1n) is 4.43. The molecule has 1 atom stereocenters. The molecule has 1 rings (SSSR count). The third-order valence-electron chi connectivity index (χ3n) is 2.09. The van der Waals surface area contributed by atoms with Gasteiger partial charge in [0.05, 0.1) is 12.7 Å². The molecule has 17 heavy (non-hydrogen) atoms. The Kier molecular flexibility index (Phi) is 3.62. The topological polar surface area (TPSA) is 66.8 Å². The Bertz CT molecular complexity index is 428. The Morgan fingerprint density at radius 2 is 2.00 bits per heavy atom. The zero-order chi connectivity index (χ0) is 13.2. The predicted molar refractivity (Wildman–Crippen MR) is 50.6 cm³/mol. The van der Waals surface area contributed by atoms with Crippen LogP contribution in [0.3, 0.4) is 0 Å². The molecule has 4 nitrogen and oxygen atoms in total. The van der Waals surface area contributed by atoms with Crippen LogP contribution in [0.15, 0.2) is 18.2 Å². The van der Waals surface area contributed by atoms with E-state index in [2.05, 4.69) is 4.74 Å². The lowest BCUT2D eigenvalue weighted by atomic mass is 10.0. The molecule has 0 amide bonds. The largest absolute Gasteiger partial charge is 0.497 e. The molecule has 0 aliphatic heterocycles. The van der Waals surface area contributed by atoms with Crippen molar-refractivity contribution in [2.24, 2.45) is 0 Å². The van der Waals surface area contributed by atoms with Crippen molar-refractivity contribution in [3.63, 3.8) is 0 Å². The lowest BCUT2D eigenvalue weighted by Gasteiger charge is -2.15. The van der Waals surface area contributed by atoms with Gasteiger partial charge in [0, 0.05) is 5.56 Å². The molecule has 1 aromatic rings. The van der Waals surface area contributed by atoms with Gasteiger partial charge < -0.3 is 14.9 Å². The minimum atomic E-state index is -4.76. The monoisotopic (exact) mass is 250 g/mol. The van der Waals surface area contributed by atoms with Crippen molar-refractivity contribution < 1.29 is 32.9 Å². The minimum absolute atomic E-state index is 0.0707. The van der Waals surface area contributed by atoms with Crippen LogP contribution in [-0.4, -0.2) is 23.3 Å². The van der Waals surface area contributed by atoms with Crippen LogP contribution in [0.5, 0.6) is 5.75 Å². The summed E-state index contributed by atoms with van der Waals surface area (Å²) in [6.45, 7) is 0. The van der Waals surface area contributed by atoms with Gasteiger partial charge >= 0.3 is 12.1 Å². The summed E-state index contributed by atoms with van der Waals surface area (Å²) in [5.74, 6) is -1.82. The van der Waals surface area contributed by atoms with Crippen LogP contribution in [0.25, 0.3) is 0 Å². The summed E-state index contributed by atoms with van der Waals surface area (Å²) in [7, 11) is 1.18. The maximum Gasteiger partial charge on any atom is 0.416 e. The van der Waals surface area contributed by atoms with E-state index in [4.69, 9.17) is 10.2 Å². The van der Waals surface area contributed by atoms with Crippen LogP contribution in [-0.2, 0) is 11.0 Å². The van der Waals surface area contributed by atoms with Gasteiger partial charge in [-0.15, -0.1) is 0 Å². The van der Waals surface area contributed by atoms with Crippen LogP contribution in [0, 0.1) is 0 Å². The highest BCUT2D eigenvalue weighted by Crippen LogP contribution is 2.36. The van der Waals surface area contributed by atoms with Crippen molar-refractivity contribution in [2.45, 2.75) is 12.3 Å². The molecule has 1 aromatic carbocycles. The third-order valence-corrected chi connectivity index (χ3v) is 2.09. The summed E-state index contributed by atoms with van der Waals surface area (Å²) in [6.07, 6.45) is -6.99. The first-order chi connectivity index (χ1) is 7.77. The molecule has 0 aromatic heterocycles. The van der Waals surface area contributed by atoms with E-state index in [1.165, 1.54) is 7.11 Å². The van der Waals surface area contributed by atoms with Crippen molar-refractivity contribution in [3.05, 3.63) is 29.3 Å². The molecule has 0 radical (unpaired) electrons. The number of hydrogen-bond donors (Lipinski definition) is 2. The van der Waals surface area contributed by atoms with Gasteiger partial charge in [0.2, 0.25) is 0 Å². The predicted octanol–water partition coefficient (Wildman–Crippen LogP) is 1.83. The SMILES string of the molecule is COc1ccc(C(O)C(=O)O)c(C(F)(F)F)c1. The zero-order valence-corrected chi connectivity index (χ0v) is 8.65. The van der Waals surface area contributed by atoms with Gasteiger partial charge in [-0.2, -0.15) is 13.2 Å². The number of carboxylic acid groups (broad SMARTS) is 1. The number of hydrogen-bond acceptors (Lipinski definition) is 3. The van der Waals surface area contributed by atoms with E-state index in [-0.39, 0.29) is 5.75 Å². The minimum Gasteiger partial charge on any atom is -0.497 e. The average molecular weight is 250 g/mol. The number of aliphatic carboxylic acids is 1. The fraction of sp³-hybridized carbons (Fsp3) is 0.300. The number of carboxylic acids is 1. The molecule has 0 saturated carbocycles. The highest BCUT2D eigenvalue weighted by molar-refractivity contribution is 5.74. The number of aliphatic hydroxyl groups is 1. The van der Waals surface area contributed by atoms with Gasteiger partial charge in [0.1, 0.15) is 5.75 Å². The Labute approximate surface area is 94.3 Å². The molecule has 2 N–H and O–H groups in total. The van der Waals surface area contributed by atoms with Gasteiger partial charge in [-0.3, -0.25) is 0 Å². The Balaban J connectivity index is 3.35. The summed E-state index contributed by atoms with van der Waals surface area (Å²) in [5.41, 5.74) is -1.95. The van der Waals surface area contributed by atoms with E-state index in [0.717, 1.165) is 12.1 Å². The fourth-order valence-corrected chi connectivity index (χ4v) is 1.28. The average Bonchev–Trinajstić information content (AvgIpc) is 2.26. The number of aliphatic hydroxyl groups excluding tert-OH is 1. The van der Waals surface area contributed by atoms with Crippen molar-refractivity contribution in [2.75, 3.05) is 7.11 Å². The van der Waals surface area contributed by atoms with E-state index >= 15 is 0 Å². The maximum atomic E-state index is 12.6. The van der Waals surface area contributed by atoms with E-state index < -0.39 is 29.4 Å². The molecule has 0 spiro atoms. The molecule has 0 fully saturated rings. The van der Waals surface area contributed by atoms with E-state index in [1.807, 2.05) is 0 Å². The van der Waals surface area contributed by atoms with Crippen molar-refractivity contribution in [3.8, 4) is 5.75 Å². The lowest BCUT2D eigenvalue weighted by Crippen LogP contribution is -2.17. The second-order valence-corrected chi connectivity index (χ2v) is 3.19. The maximum absolute atomic E-state index is 12.6. The summed E-state index contributed by atoms with van der Waals surface area (Å²) in [6, 6.07) is 2.67. The van der Waals surface area contributed by atoms with Gasteiger partial charge in [-0.25, -0.2) is 4.79 Å². The number of carbonyl (C=O) groups is 1. The number of ether oxygens (including phenoxy) is 1. The summed E-state index contributed by atoms with van der Waals surface area (Å²) >= 11 is 0. The number of methoxy groups -OCH3 is 1. The number of benzene rings is 1. The Morgan fingerprint density at radius 3 is 2.41 bits per heavy atom. The van der Waals surface area contributed by atoms with E-state index in [0.29, 0.717) is 6.07 Å². The van der Waals surface area contributed by atoms with Gasteiger partial charge in [-0.1, -0.05) is 6.07 Å². The number of alkyl halides is 3. The highest BCUT2D eigenvalue weighted by Gasteiger charge is 2.37. The van der Waals surface area contributed by atoms with Gasteiger partial charge in [0.15, 0.2) is 6.10 Å². The molecular formula is C10H9F3O4. The van der Waals surface area contributed by atoms with Crippen LogP contribution < -0.4 is 4.74 Å². The Hall–Kier alpha value is -1.76. The third kappa shape index (κ3) is 2.88. The fourth-order valence-electron chi connectivity index (χ4n) is 1.28. The normalized spacial score (nSPS) is 13.2. The molecule has 94 valence electrons. The number of halogens is 3. The van der Waals surface area contributed by atoms with Crippen LogP contribution >= 0.6 is 0 Å². The molecule has 0 heterocycles. The second kappa shape index (κ2) is 4.62. The van der Waals surface area contributed by atoms with E-state index in [1.54, 1.807) is 0 Å². The molecule has 1 unspecified atom stereocenters. The molecule has 0 aliphatic carbocycles. The van der Waals surface area contributed by atoms with Gasteiger partial charge in [-0.05, 0) is 12.1 Å². The van der Waals surface area contributed by atoms with Crippen molar-refractivity contribution >= 4 is 5.97 Å². The first kappa shape index (κ1) is 13.3. The standard InChI is InChI=1S/C10H9F3O4/c1-17-5-2-3-6(8(14)9(15)16)7(4-5)10(11,12)13/h2-4,8,14H,1H3,(H,15,16). The highest BCUT2D eigenvalue weighted by atomic mass is 19.4. The summed E-state index contributed by atoms with van der Waals surface area (Å²) < 4.78 is 42.5. The smallest absolute Gasteiger partial charge is 0.416 e. The van der Waals surface area contributed by atoms with Crippen LogP contribution in [0.4, 0.5) is 13.2 Å². The zero-order valence-electron chi connectivity index (χ0n) is 8.65. The number of rotatable bonds is 3. The summed E-state index contributed by atoms with van der Waals surface area (Å²) in [4.78, 5) is 10.5. The van der Waals surface area contributed by atoms with E-state index in [9.17, 15) is 18.0 Å². The molecule has 0 aliphatic rings. The molecular weight excluding hydrogens is 241 g/mol. The quantitative estimate of drug-likeness (QED) is 0.858. The van der Waals surface area contributed by atoms with Crippen LogP contribution in [0.1, 0.15) is 17.2 Å². The lowest BCUT2D eigenvalue weighted by molar-refractivity contribution is -0.149. The second-order valence-electron chi connectivity index (χ2n) is 3.19.